The summed E-state index contributed by atoms with van der Waals surface area (Å²) in [4.78, 5) is 16.0. The van der Waals surface area contributed by atoms with E-state index in [4.69, 9.17) is 0 Å². The molecule has 1 heterocycles. The van der Waals surface area contributed by atoms with E-state index in [9.17, 15) is 14.3 Å². The van der Waals surface area contributed by atoms with Crippen molar-refractivity contribution in [2.24, 2.45) is 0 Å². The molecule has 1 fully saturated rings. The minimum Gasteiger partial charge on any atom is -0.507 e. The van der Waals surface area contributed by atoms with E-state index in [0.29, 0.717) is 0 Å². The van der Waals surface area contributed by atoms with Crippen LogP contribution in [0.15, 0.2) is 18.2 Å². The fraction of sp³-hybridized carbons (Fsp3) is 0.500. The molecule has 0 aromatic heterocycles. The number of piperidine rings is 1. The summed E-state index contributed by atoms with van der Waals surface area (Å²) in [5.74, 6) is -1.45. The van der Waals surface area contributed by atoms with Gasteiger partial charge in [-0.1, -0.05) is 6.07 Å². The number of likely N-dealkylation sites (tertiary alicyclic amines) is 1. The molecule has 5 heteroatoms. The third-order valence-electron chi connectivity index (χ3n) is 3.67. The van der Waals surface area contributed by atoms with E-state index >= 15 is 0 Å². The first-order valence-corrected chi connectivity index (χ1v) is 6.44. The number of benzene rings is 1. The van der Waals surface area contributed by atoms with Crippen molar-refractivity contribution in [2.75, 3.05) is 27.2 Å². The molecule has 0 bridgehead atoms. The Balaban J connectivity index is 2.19. The van der Waals surface area contributed by atoms with Crippen LogP contribution in [-0.2, 0) is 0 Å². The average Bonchev–Trinajstić information content (AvgIpc) is 2.37. The van der Waals surface area contributed by atoms with Gasteiger partial charge >= 0.3 is 0 Å². The first-order chi connectivity index (χ1) is 9.00. The highest BCUT2D eigenvalue weighted by molar-refractivity contribution is 5.97. The average molecular weight is 266 g/mol. The van der Waals surface area contributed by atoms with Gasteiger partial charge < -0.3 is 14.9 Å². The van der Waals surface area contributed by atoms with Crippen LogP contribution in [0.1, 0.15) is 23.2 Å². The number of amides is 1. The maximum Gasteiger partial charge on any atom is 0.260 e. The van der Waals surface area contributed by atoms with Gasteiger partial charge in [-0.05, 0) is 38.6 Å². The van der Waals surface area contributed by atoms with Crippen LogP contribution >= 0.6 is 0 Å². The van der Waals surface area contributed by atoms with Gasteiger partial charge in [-0.3, -0.25) is 4.79 Å². The van der Waals surface area contributed by atoms with Crippen molar-refractivity contribution in [3.05, 3.63) is 29.6 Å². The number of carbonyl (C=O) groups is 1. The van der Waals surface area contributed by atoms with Gasteiger partial charge in [0, 0.05) is 19.6 Å². The molecule has 0 aliphatic carbocycles. The molecule has 1 N–H and O–H groups in total. The number of nitrogens with zero attached hydrogens (tertiary/aromatic N) is 2. The normalized spacial score (nSPS) is 20.3. The third-order valence-corrected chi connectivity index (χ3v) is 3.67. The first kappa shape index (κ1) is 13.8. The molecule has 1 aromatic rings. The molecule has 2 rings (SSSR count). The smallest absolute Gasteiger partial charge is 0.260 e. The number of halogens is 1. The molecule has 104 valence electrons. The van der Waals surface area contributed by atoms with E-state index < -0.39 is 11.7 Å². The molecule has 0 spiro atoms. The van der Waals surface area contributed by atoms with Crippen LogP contribution in [-0.4, -0.2) is 54.0 Å². The van der Waals surface area contributed by atoms with Gasteiger partial charge in [0.1, 0.15) is 17.1 Å². The van der Waals surface area contributed by atoms with Gasteiger partial charge in [0.15, 0.2) is 0 Å². The van der Waals surface area contributed by atoms with E-state index in [1.54, 1.807) is 7.05 Å². The van der Waals surface area contributed by atoms with Gasteiger partial charge in [-0.15, -0.1) is 0 Å². The summed E-state index contributed by atoms with van der Waals surface area (Å²) in [6, 6.07) is 3.96. The van der Waals surface area contributed by atoms with Crippen molar-refractivity contribution in [1.29, 1.82) is 0 Å². The molecule has 0 radical (unpaired) electrons. The van der Waals surface area contributed by atoms with Crippen molar-refractivity contribution in [2.45, 2.75) is 18.9 Å². The van der Waals surface area contributed by atoms with E-state index in [2.05, 4.69) is 4.90 Å². The molecule has 1 aromatic carbocycles. The highest BCUT2D eigenvalue weighted by Crippen LogP contribution is 2.23. The van der Waals surface area contributed by atoms with Crippen molar-refractivity contribution in [3.8, 4) is 5.75 Å². The fourth-order valence-electron chi connectivity index (χ4n) is 2.52. The topological polar surface area (TPSA) is 43.8 Å². The lowest BCUT2D eigenvalue weighted by Crippen LogP contribution is -2.47. The molecule has 1 unspecified atom stereocenters. The Morgan fingerprint density at radius 3 is 2.89 bits per heavy atom. The quantitative estimate of drug-likeness (QED) is 0.886. The predicted octanol–water partition coefficient (Wildman–Crippen LogP) is 1.70. The molecule has 1 aliphatic rings. The Morgan fingerprint density at radius 2 is 2.26 bits per heavy atom. The number of phenols is 1. The number of carbonyl (C=O) groups excluding carboxylic acids is 1. The van der Waals surface area contributed by atoms with Crippen LogP contribution in [0.25, 0.3) is 0 Å². The van der Waals surface area contributed by atoms with Crippen LogP contribution in [0.5, 0.6) is 5.75 Å². The number of rotatable bonds is 2. The Hall–Kier alpha value is -1.62. The van der Waals surface area contributed by atoms with Gasteiger partial charge in [0.25, 0.3) is 5.91 Å². The van der Waals surface area contributed by atoms with Crippen LogP contribution in [0.4, 0.5) is 4.39 Å². The zero-order chi connectivity index (χ0) is 14.0. The van der Waals surface area contributed by atoms with Gasteiger partial charge in [-0.2, -0.15) is 0 Å². The predicted molar refractivity (Wildman–Crippen MR) is 70.7 cm³/mol. The Kier molecular flexibility index (Phi) is 4.04. The second-order valence-electron chi connectivity index (χ2n) is 5.11. The summed E-state index contributed by atoms with van der Waals surface area (Å²) in [5, 5.41) is 9.66. The van der Waals surface area contributed by atoms with Crippen molar-refractivity contribution < 1.29 is 14.3 Å². The fourth-order valence-corrected chi connectivity index (χ4v) is 2.52. The standard InChI is InChI=1S/C14H19FN2O2/c1-16-8-4-5-10(9-16)17(2)14(19)13-11(15)6-3-7-12(13)18/h3,6-7,10,18H,4-5,8-9H2,1-2H3. The monoisotopic (exact) mass is 266 g/mol. The first-order valence-electron chi connectivity index (χ1n) is 6.44. The minimum atomic E-state index is -0.680. The largest absolute Gasteiger partial charge is 0.507 e. The summed E-state index contributed by atoms with van der Waals surface area (Å²) in [6.45, 7) is 1.79. The summed E-state index contributed by atoms with van der Waals surface area (Å²) >= 11 is 0. The molecule has 4 nitrogen and oxygen atoms in total. The summed E-state index contributed by atoms with van der Waals surface area (Å²) < 4.78 is 13.7. The van der Waals surface area contributed by atoms with Crippen molar-refractivity contribution >= 4 is 5.91 Å². The number of hydrogen-bond acceptors (Lipinski definition) is 3. The Labute approximate surface area is 112 Å². The molecule has 1 atom stereocenters. The minimum absolute atomic E-state index is 0.0604. The van der Waals surface area contributed by atoms with Crippen molar-refractivity contribution in [3.63, 3.8) is 0 Å². The number of hydrogen-bond donors (Lipinski definition) is 1. The van der Waals surface area contributed by atoms with Crippen LogP contribution < -0.4 is 0 Å². The summed E-state index contributed by atoms with van der Waals surface area (Å²) in [6.07, 6.45) is 1.92. The number of likely N-dealkylation sites (N-methyl/N-ethyl adjacent to an activating group) is 2. The lowest BCUT2D eigenvalue weighted by molar-refractivity contribution is 0.0636. The molecule has 1 aliphatic heterocycles. The maximum atomic E-state index is 13.7. The molecular formula is C14H19FN2O2. The second kappa shape index (κ2) is 5.57. The number of aromatic hydroxyl groups is 1. The van der Waals surface area contributed by atoms with Gasteiger partial charge in [-0.25, -0.2) is 4.39 Å². The summed E-state index contributed by atoms with van der Waals surface area (Å²) in [5.41, 5.74) is -0.238. The van der Waals surface area contributed by atoms with Crippen LogP contribution in [0.3, 0.4) is 0 Å². The Bertz CT molecular complexity index is 458. The van der Waals surface area contributed by atoms with Gasteiger partial charge in [0.05, 0.1) is 0 Å². The van der Waals surface area contributed by atoms with Crippen molar-refractivity contribution in [1.82, 2.24) is 9.80 Å². The molecule has 19 heavy (non-hydrogen) atoms. The van der Waals surface area contributed by atoms with E-state index in [1.165, 1.54) is 23.1 Å². The lowest BCUT2D eigenvalue weighted by atomic mass is 10.0. The van der Waals surface area contributed by atoms with E-state index in [-0.39, 0.29) is 17.4 Å². The van der Waals surface area contributed by atoms with Crippen LogP contribution in [0.2, 0.25) is 0 Å². The van der Waals surface area contributed by atoms with E-state index in [0.717, 1.165) is 25.9 Å². The summed E-state index contributed by atoms with van der Waals surface area (Å²) in [7, 11) is 3.67. The molecule has 1 saturated heterocycles. The highest BCUT2D eigenvalue weighted by atomic mass is 19.1. The zero-order valence-corrected chi connectivity index (χ0v) is 11.3. The highest BCUT2D eigenvalue weighted by Gasteiger charge is 2.28. The second-order valence-corrected chi connectivity index (χ2v) is 5.11. The van der Waals surface area contributed by atoms with Crippen LogP contribution in [0, 0.1) is 5.82 Å². The molecule has 0 saturated carbocycles. The lowest BCUT2D eigenvalue weighted by Gasteiger charge is -2.36. The molecule has 1 amide bonds. The SMILES string of the molecule is CN1CCCC(N(C)C(=O)c2c(O)cccc2F)C1. The Morgan fingerprint density at radius 1 is 1.53 bits per heavy atom. The van der Waals surface area contributed by atoms with Gasteiger partial charge in [0.2, 0.25) is 0 Å². The van der Waals surface area contributed by atoms with E-state index in [1.807, 2.05) is 7.05 Å². The third kappa shape index (κ3) is 2.87. The zero-order valence-electron chi connectivity index (χ0n) is 11.3. The molecular weight excluding hydrogens is 247 g/mol. The maximum absolute atomic E-state index is 13.7. The number of phenolic OH excluding ortho intramolecular Hbond substituents is 1.